The number of benzene rings is 1. The van der Waals surface area contributed by atoms with Crippen LogP contribution >= 0.6 is 0 Å². The zero-order valence-corrected chi connectivity index (χ0v) is 11.5. The molecule has 2 N–H and O–H groups in total. The van der Waals surface area contributed by atoms with Gasteiger partial charge in [0.05, 0.1) is 6.61 Å². The lowest BCUT2D eigenvalue weighted by Crippen LogP contribution is -2.27. The summed E-state index contributed by atoms with van der Waals surface area (Å²) >= 11 is 0. The molecule has 1 atom stereocenters. The fourth-order valence-electron chi connectivity index (χ4n) is 2.08. The normalized spacial score (nSPS) is 16.3. The van der Waals surface area contributed by atoms with E-state index in [2.05, 4.69) is 17.6 Å². The van der Waals surface area contributed by atoms with E-state index < -0.39 is 0 Å². The first kappa shape index (κ1) is 13.7. The van der Waals surface area contributed by atoms with E-state index in [-0.39, 0.29) is 12.1 Å². The van der Waals surface area contributed by atoms with Crippen molar-refractivity contribution < 1.29 is 9.53 Å². The molecular weight excluding hydrogens is 242 g/mol. The van der Waals surface area contributed by atoms with Crippen LogP contribution in [0.15, 0.2) is 24.3 Å². The van der Waals surface area contributed by atoms with Crippen molar-refractivity contribution in [2.45, 2.75) is 19.9 Å². The molecule has 2 rings (SSSR count). The zero-order valence-electron chi connectivity index (χ0n) is 11.5. The molecule has 1 aliphatic heterocycles. The van der Waals surface area contributed by atoms with Gasteiger partial charge in [0.15, 0.2) is 0 Å². The van der Waals surface area contributed by atoms with Crippen molar-refractivity contribution >= 4 is 17.4 Å². The van der Waals surface area contributed by atoms with Crippen LogP contribution in [-0.4, -0.2) is 38.4 Å². The standard InChI is InChI=1S/C14H21N3O2/c1-3-19-10-11(2)16-12-4-6-13(7-5-12)17-9-8-15-14(17)18/h4-7,11,16H,3,8-10H2,1-2H3,(H,15,18). The molecule has 1 heterocycles. The first-order chi connectivity index (χ1) is 9.20. The predicted molar refractivity (Wildman–Crippen MR) is 76.8 cm³/mol. The molecule has 5 nitrogen and oxygen atoms in total. The number of nitrogens with one attached hydrogen (secondary N) is 2. The van der Waals surface area contributed by atoms with Crippen molar-refractivity contribution in [3.8, 4) is 0 Å². The van der Waals surface area contributed by atoms with Gasteiger partial charge in [-0.05, 0) is 38.1 Å². The van der Waals surface area contributed by atoms with Crippen LogP contribution in [0.1, 0.15) is 13.8 Å². The van der Waals surface area contributed by atoms with Gasteiger partial charge in [-0.2, -0.15) is 0 Å². The van der Waals surface area contributed by atoms with Crippen LogP contribution in [0.4, 0.5) is 16.2 Å². The fourth-order valence-corrected chi connectivity index (χ4v) is 2.08. The Balaban J connectivity index is 1.92. The minimum atomic E-state index is -0.0228. The highest BCUT2D eigenvalue weighted by atomic mass is 16.5. The highest BCUT2D eigenvalue weighted by molar-refractivity contribution is 5.94. The first-order valence-corrected chi connectivity index (χ1v) is 6.70. The largest absolute Gasteiger partial charge is 0.380 e. The molecule has 0 bridgehead atoms. The topological polar surface area (TPSA) is 53.6 Å². The predicted octanol–water partition coefficient (Wildman–Crippen LogP) is 2.05. The molecule has 1 aromatic carbocycles. The highest BCUT2D eigenvalue weighted by Gasteiger charge is 2.20. The molecule has 1 aliphatic rings. The minimum absolute atomic E-state index is 0.0228. The van der Waals surface area contributed by atoms with Crippen molar-refractivity contribution in [1.82, 2.24) is 5.32 Å². The van der Waals surface area contributed by atoms with Crippen molar-refractivity contribution in [1.29, 1.82) is 0 Å². The molecular formula is C14H21N3O2. The number of carbonyl (C=O) groups excluding carboxylic acids is 1. The summed E-state index contributed by atoms with van der Waals surface area (Å²) in [6.45, 7) is 6.93. The Morgan fingerprint density at radius 3 is 2.74 bits per heavy atom. The number of anilines is 2. The van der Waals surface area contributed by atoms with Crippen LogP contribution in [0.2, 0.25) is 0 Å². The molecule has 0 aromatic heterocycles. The third kappa shape index (κ3) is 3.61. The van der Waals surface area contributed by atoms with E-state index in [0.717, 1.165) is 24.5 Å². The molecule has 0 spiro atoms. The Kier molecular flexibility index (Phi) is 4.63. The Morgan fingerprint density at radius 1 is 1.42 bits per heavy atom. The highest BCUT2D eigenvalue weighted by Crippen LogP contribution is 2.19. The van der Waals surface area contributed by atoms with Gasteiger partial charge in [0.2, 0.25) is 0 Å². The summed E-state index contributed by atoms with van der Waals surface area (Å²) in [5.74, 6) is 0. The number of amides is 2. The number of nitrogens with zero attached hydrogens (tertiary/aromatic N) is 1. The van der Waals surface area contributed by atoms with Crippen molar-refractivity contribution in [3.63, 3.8) is 0 Å². The van der Waals surface area contributed by atoms with Crippen LogP contribution < -0.4 is 15.5 Å². The number of hydrogen-bond acceptors (Lipinski definition) is 3. The molecule has 1 saturated heterocycles. The lowest BCUT2D eigenvalue weighted by Gasteiger charge is -2.17. The van der Waals surface area contributed by atoms with Gasteiger partial charge in [-0.1, -0.05) is 0 Å². The molecule has 0 aliphatic carbocycles. The van der Waals surface area contributed by atoms with E-state index in [0.29, 0.717) is 13.2 Å². The van der Waals surface area contributed by atoms with Crippen molar-refractivity contribution in [2.24, 2.45) is 0 Å². The smallest absolute Gasteiger partial charge is 0.321 e. The molecule has 2 amide bonds. The quantitative estimate of drug-likeness (QED) is 0.826. The summed E-state index contributed by atoms with van der Waals surface area (Å²) in [6.07, 6.45) is 0. The number of rotatable bonds is 6. The first-order valence-electron chi connectivity index (χ1n) is 6.70. The SMILES string of the molecule is CCOCC(C)Nc1ccc(N2CCNC2=O)cc1. The van der Waals surface area contributed by atoms with Gasteiger partial charge >= 0.3 is 6.03 Å². The van der Waals surface area contributed by atoms with Crippen LogP contribution in [0.5, 0.6) is 0 Å². The van der Waals surface area contributed by atoms with E-state index in [1.807, 2.05) is 31.2 Å². The second-order valence-corrected chi connectivity index (χ2v) is 4.64. The molecule has 0 radical (unpaired) electrons. The van der Waals surface area contributed by atoms with E-state index in [4.69, 9.17) is 4.74 Å². The summed E-state index contributed by atoms with van der Waals surface area (Å²) in [5, 5.41) is 6.15. The lowest BCUT2D eigenvalue weighted by atomic mass is 10.2. The van der Waals surface area contributed by atoms with Crippen molar-refractivity contribution in [2.75, 3.05) is 36.5 Å². The third-order valence-electron chi connectivity index (χ3n) is 3.02. The monoisotopic (exact) mass is 263 g/mol. The van der Waals surface area contributed by atoms with Crippen LogP contribution in [0, 0.1) is 0 Å². The summed E-state index contributed by atoms with van der Waals surface area (Å²) in [6, 6.07) is 8.14. The summed E-state index contributed by atoms with van der Waals surface area (Å²) in [7, 11) is 0. The van der Waals surface area contributed by atoms with E-state index in [1.165, 1.54) is 0 Å². The van der Waals surface area contributed by atoms with Crippen LogP contribution in [0.3, 0.4) is 0 Å². The molecule has 5 heteroatoms. The Labute approximate surface area is 113 Å². The third-order valence-corrected chi connectivity index (χ3v) is 3.02. The Bertz CT molecular complexity index is 419. The maximum Gasteiger partial charge on any atom is 0.321 e. The van der Waals surface area contributed by atoms with Gasteiger partial charge in [-0.25, -0.2) is 4.79 Å². The molecule has 104 valence electrons. The van der Waals surface area contributed by atoms with Gasteiger partial charge in [0.25, 0.3) is 0 Å². The maximum atomic E-state index is 11.5. The molecule has 0 saturated carbocycles. The maximum absolute atomic E-state index is 11.5. The molecule has 1 unspecified atom stereocenters. The summed E-state index contributed by atoms with van der Waals surface area (Å²) in [5.41, 5.74) is 1.97. The average molecular weight is 263 g/mol. The molecule has 1 fully saturated rings. The number of carbonyl (C=O) groups is 1. The zero-order chi connectivity index (χ0) is 13.7. The summed E-state index contributed by atoms with van der Waals surface area (Å²) in [4.78, 5) is 13.3. The fraction of sp³-hybridized carbons (Fsp3) is 0.500. The van der Waals surface area contributed by atoms with Gasteiger partial charge in [0, 0.05) is 37.1 Å². The number of ether oxygens (including phenoxy) is 1. The van der Waals surface area contributed by atoms with Gasteiger partial charge in [-0.3, -0.25) is 4.90 Å². The number of hydrogen-bond donors (Lipinski definition) is 2. The Hall–Kier alpha value is -1.75. The Morgan fingerprint density at radius 2 is 2.16 bits per heavy atom. The summed E-state index contributed by atoms with van der Waals surface area (Å²) < 4.78 is 5.36. The molecule has 19 heavy (non-hydrogen) atoms. The average Bonchev–Trinajstić information content (AvgIpc) is 2.83. The van der Waals surface area contributed by atoms with Gasteiger partial charge < -0.3 is 15.4 Å². The van der Waals surface area contributed by atoms with E-state index in [9.17, 15) is 4.79 Å². The van der Waals surface area contributed by atoms with Crippen molar-refractivity contribution in [3.05, 3.63) is 24.3 Å². The second kappa shape index (κ2) is 6.43. The van der Waals surface area contributed by atoms with E-state index >= 15 is 0 Å². The van der Waals surface area contributed by atoms with E-state index in [1.54, 1.807) is 4.90 Å². The van der Waals surface area contributed by atoms with Crippen LogP contribution in [0.25, 0.3) is 0 Å². The lowest BCUT2D eigenvalue weighted by molar-refractivity contribution is 0.141. The minimum Gasteiger partial charge on any atom is -0.380 e. The molecule has 1 aromatic rings. The van der Waals surface area contributed by atoms with Gasteiger partial charge in [0.1, 0.15) is 0 Å². The second-order valence-electron chi connectivity index (χ2n) is 4.64. The number of urea groups is 1. The van der Waals surface area contributed by atoms with Crippen LogP contribution in [-0.2, 0) is 4.74 Å². The van der Waals surface area contributed by atoms with Gasteiger partial charge in [-0.15, -0.1) is 0 Å².